The van der Waals surface area contributed by atoms with E-state index in [1.807, 2.05) is 60.0 Å². The van der Waals surface area contributed by atoms with Gasteiger partial charge in [-0.05, 0) is 48.7 Å². The van der Waals surface area contributed by atoms with Gasteiger partial charge >= 0.3 is 0 Å². The molecule has 1 N–H and O–H groups in total. The van der Waals surface area contributed by atoms with Crippen molar-refractivity contribution in [3.63, 3.8) is 0 Å². The monoisotopic (exact) mass is 488 g/mol. The molecule has 0 aliphatic carbocycles. The van der Waals surface area contributed by atoms with Gasteiger partial charge in [0.05, 0.1) is 12.2 Å². The first-order valence-electron chi connectivity index (χ1n) is 10.9. The Labute approximate surface area is 208 Å². The molecule has 4 rings (SSSR count). The normalized spacial score (nSPS) is 11.1. The third-order valence-electron chi connectivity index (χ3n) is 5.21. The first-order chi connectivity index (χ1) is 16.5. The molecule has 0 radical (unpaired) electrons. The number of benzene rings is 3. The number of nitrogens with one attached hydrogen (secondary N) is 1. The summed E-state index contributed by atoms with van der Waals surface area (Å²) in [6, 6.07) is 23.8. The fourth-order valence-corrected chi connectivity index (χ4v) is 4.56. The van der Waals surface area contributed by atoms with Gasteiger partial charge in [0.25, 0.3) is 0 Å². The Balaban J connectivity index is 1.56. The van der Waals surface area contributed by atoms with Gasteiger partial charge in [-0.15, -0.1) is 10.2 Å². The molecule has 5 nitrogen and oxygen atoms in total. The van der Waals surface area contributed by atoms with Crippen LogP contribution in [0.2, 0.25) is 5.02 Å². The molecule has 34 heavy (non-hydrogen) atoms. The summed E-state index contributed by atoms with van der Waals surface area (Å²) in [6.07, 6.45) is 3.30. The van der Waals surface area contributed by atoms with E-state index in [1.54, 1.807) is 17.8 Å². The zero-order valence-electron chi connectivity index (χ0n) is 19.0. The molecule has 0 aliphatic heterocycles. The van der Waals surface area contributed by atoms with Gasteiger partial charge < -0.3 is 5.32 Å². The molecule has 0 saturated heterocycles. The summed E-state index contributed by atoms with van der Waals surface area (Å²) in [5.74, 6) is 1.19. The highest BCUT2D eigenvalue weighted by atomic mass is 35.5. The Morgan fingerprint density at radius 1 is 1.03 bits per heavy atom. The van der Waals surface area contributed by atoms with Gasteiger partial charge in [-0.25, -0.2) is 0 Å². The third-order valence-corrected chi connectivity index (χ3v) is 6.45. The highest BCUT2D eigenvalue weighted by Gasteiger charge is 2.17. The van der Waals surface area contributed by atoms with Crippen LogP contribution < -0.4 is 5.32 Å². The zero-order valence-corrected chi connectivity index (χ0v) is 20.6. The molecule has 0 spiro atoms. The van der Waals surface area contributed by atoms with Crippen molar-refractivity contribution in [2.75, 3.05) is 0 Å². The molecule has 0 atom stereocenters. The van der Waals surface area contributed by atoms with Crippen LogP contribution >= 0.6 is 23.4 Å². The average Bonchev–Trinajstić information content (AvgIpc) is 3.25. The zero-order chi connectivity index (χ0) is 23.9. The molecule has 0 saturated carbocycles. The maximum absolute atomic E-state index is 12.4. The average molecular weight is 489 g/mol. The Morgan fingerprint density at radius 2 is 1.85 bits per heavy atom. The lowest BCUT2D eigenvalue weighted by Crippen LogP contribution is -2.22. The second kappa shape index (κ2) is 11.2. The van der Waals surface area contributed by atoms with Crippen molar-refractivity contribution in [1.29, 1.82) is 0 Å². The van der Waals surface area contributed by atoms with Crippen molar-refractivity contribution in [1.82, 2.24) is 20.1 Å². The van der Waals surface area contributed by atoms with E-state index < -0.39 is 0 Å². The molecule has 1 aromatic heterocycles. The van der Waals surface area contributed by atoms with Crippen LogP contribution in [-0.4, -0.2) is 20.7 Å². The molecule has 0 unspecified atom stereocenters. The van der Waals surface area contributed by atoms with Crippen LogP contribution in [-0.2, 0) is 17.1 Å². The molecule has 1 heterocycles. The van der Waals surface area contributed by atoms with Crippen LogP contribution in [0.4, 0.5) is 0 Å². The molecule has 0 bridgehead atoms. The van der Waals surface area contributed by atoms with Gasteiger partial charge in [0.15, 0.2) is 11.0 Å². The number of hydrogen-bond acceptors (Lipinski definition) is 4. The van der Waals surface area contributed by atoms with Crippen LogP contribution in [0.1, 0.15) is 28.1 Å². The Bertz CT molecular complexity index is 1320. The number of rotatable bonds is 8. The maximum atomic E-state index is 12.4. The predicted octanol–water partition coefficient (Wildman–Crippen LogP) is 6.16. The minimum Gasteiger partial charge on any atom is -0.345 e. The second-order valence-electron chi connectivity index (χ2n) is 7.90. The summed E-state index contributed by atoms with van der Waals surface area (Å²) in [4.78, 5) is 12.4. The lowest BCUT2D eigenvalue weighted by atomic mass is 10.2. The molecule has 0 aliphatic rings. The molecule has 1 amide bonds. The Hall–Kier alpha value is -3.35. The summed E-state index contributed by atoms with van der Waals surface area (Å²) >= 11 is 7.92. The predicted molar refractivity (Wildman–Crippen MR) is 139 cm³/mol. The van der Waals surface area contributed by atoms with Crippen LogP contribution in [0, 0.1) is 13.8 Å². The van der Waals surface area contributed by atoms with E-state index in [2.05, 4.69) is 46.7 Å². The molecular formula is C27H25ClN4OS. The Kier molecular flexibility index (Phi) is 7.83. The second-order valence-corrected chi connectivity index (χ2v) is 9.28. The minimum absolute atomic E-state index is 0.199. The van der Waals surface area contributed by atoms with E-state index >= 15 is 0 Å². The number of hydrogen-bond donors (Lipinski definition) is 1. The number of aryl methyl sites for hydroxylation is 2. The van der Waals surface area contributed by atoms with E-state index in [1.165, 1.54) is 17.2 Å². The lowest BCUT2D eigenvalue weighted by Gasteiger charge is -2.13. The number of halogens is 1. The molecule has 7 heteroatoms. The smallest absolute Gasteiger partial charge is 0.244 e. The van der Waals surface area contributed by atoms with Crippen molar-refractivity contribution in [2.24, 2.45) is 0 Å². The largest absolute Gasteiger partial charge is 0.345 e. The van der Waals surface area contributed by atoms with E-state index in [0.29, 0.717) is 10.8 Å². The number of amides is 1. The van der Waals surface area contributed by atoms with E-state index in [4.69, 9.17) is 11.6 Å². The standard InChI is InChI=1S/C27H25ClN4OS/c1-19-7-6-10-22(15-19)18-34-27-31-30-25(32(27)24-16-23(28)13-11-20(24)2)17-29-26(33)14-12-21-8-4-3-5-9-21/h3-16H,17-18H2,1-2H3,(H,29,33)/b14-12+. The fraction of sp³-hybridized carbons (Fsp3) is 0.148. The van der Waals surface area contributed by atoms with Gasteiger partial charge in [0.1, 0.15) is 0 Å². The van der Waals surface area contributed by atoms with Crippen molar-refractivity contribution in [2.45, 2.75) is 31.3 Å². The number of carbonyl (C=O) groups excluding carboxylic acids is 1. The van der Waals surface area contributed by atoms with Gasteiger partial charge in [-0.3, -0.25) is 9.36 Å². The van der Waals surface area contributed by atoms with Crippen molar-refractivity contribution in [3.05, 3.63) is 112 Å². The van der Waals surface area contributed by atoms with Crippen molar-refractivity contribution >= 4 is 35.3 Å². The first-order valence-corrected chi connectivity index (χ1v) is 12.3. The van der Waals surface area contributed by atoms with Crippen molar-refractivity contribution < 1.29 is 4.79 Å². The van der Waals surface area contributed by atoms with Crippen LogP contribution in [0.5, 0.6) is 0 Å². The fourth-order valence-electron chi connectivity index (χ4n) is 3.48. The highest BCUT2D eigenvalue weighted by molar-refractivity contribution is 7.98. The molecule has 172 valence electrons. The number of aromatic nitrogens is 3. The van der Waals surface area contributed by atoms with Gasteiger partial charge in [0, 0.05) is 16.9 Å². The lowest BCUT2D eigenvalue weighted by molar-refractivity contribution is -0.116. The molecule has 3 aromatic carbocycles. The summed E-state index contributed by atoms with van der Waals surface area (Å²) in [5.41, 5.74) is 5.33. The van der Waals surface area contributed by atoms with Gasteiger partial charge in [-0.2, -0.15) is 0 Å². The van der Waals surface area contributed by atoms with Gasteiger partial charge in [0.2, 0.25) is 5.91 Å². The maximum Gasteiger partial charge on any atom is 0.244 e. The summed E-state index contributed by atoms with van der Waals surface area (Å²) in [6.45, 7) is 4.34. The highest BCUT2D eigenvalue weighted by Crippen LogP contribution is 2.28. The third kappa shape index (κ3) is 6.16. The van der Waals surface area contributed by atoms with Crippen molar-refractivity contribution in [3.8, 4) is 5.69 Å². The quantitative estimate of drug-likeness (QED) is 0.238. The minimum atomic E-state index is -0.199. The topological polar surface area (TPSA) is 59.8 Å². The molecular weight excluding hydrogens is 464 g/mol. The SMILES string of the molecule is Cc1cccc(CSc2nnc(CNC(=O)/C=C/c3ccccc3)n2-c2cc(Cl)ccc2C)c1. The Morgan fingerprint density at radius 3 is 2.65 bits per heavy atom. The van der Waals surface area contributed by atoms with Gasteiger partial charge in [-0.1, -0.05) is 89.6 Å². The van der Waals surface area contributed by atoms with Crippen LogP contribution in [0.3, 0.4) is 0 Å². The molecule has 4 aromatic rings. The summed E-state index contributed by atoms with van der Waals surface area (Å²) in [5, 5.41) is 13.1. The van der Waals surface area contributed by atoms with E-state index in [9.17, 15) is 4.79 Å². The number of nitrogens with zero attached hydrogens (tertiary/aromatic N) is 3. The van der Waals surface area contributed by atoms with E-state index in [-0.39, 0.29) is 12.5 Å². The molecule has 0 fully saturated rings. The summed E-state index contributed by atoms with van der Waals surface area (Å²) in [7, 11) is 0. The van der Waals surface area contributed by atoms with Crippen LogP contribution in [0.25, 0.3) is 11.8 Å². The van der Waals surface area contributed by atoms with Crippen LogP contribution in [0.15, 0.2) is 84.0 Å². The van der Waals surface area contributed by atoms with E-state index in [0.717, 1.165) is 27.7 Å². The number of thioether (sulfide) groups is 1. The summed E-state index contributed by atoms with van der Waals surface area (Å²) < 4.78 is 1.98. The first kappa shape index (κ1) is 23.8. The number of carbonyl (C=O) groups is 1.